The van der Waals surface area contributed by atoms with Gasteiger partial charge >= 0.3 is 0 Å². The zero-order valence-corrected chi connectivity index (χ0v) is 12.9. The van der Waals surface area contributed by atoms with Gasteiger partial charge in [-0.2, -0.15) is 4.98 Å². The summed E-state index contributed by atoms with van der Waals surface area (Å²) in [6, 6.07) is 11.6. The molecular formula is C17H16N4O2. The van der Waals surface area contributed by atoms with Gasteiger partial charge in [-0.05, 0) is 12.5 Å². The summed E-state index contributed by atoms with van der Waals surface area (Å²) in [7, 11) is 0. The topological polar surface area (TPSA) is 77.0 Å². The van der Waals surface area contributed by atoms with Crippen LogP contribution in [0.5, 0.6) is 5.88 Å². The summed E-state index contributed by atoms with van der Waals surface area (Å²) in [5, 5.41) is 3.35. The number of nitrogens with zero attached hydrogens (tertiary/aromatic N) is 3. The van der Waals surface area contributed by atoms with Crippen LogP contribution in [0, 0.1) is 6.92 Å². The highest BCUT2D eigenvalue weighted by Crippen LogP contribution is 2.24. The van der Waals surface area contributed by atoms with Crippen LogP contribution in [-0.4, -0.2) is 20.9 Å². The number of hydrogen-bond acceptors (Lipinski definition) is 5. The van der Waals surface area contributed by atoms with E-state index in [-0.39, 0.29) is 5.91 Å². The zero-order chi connectivity index (χ0) is 16.2. The van der Waals surface area contributed by atoms with Crippen LogP contribution in [0.1, 0.15) is 18.3 Å². The van der Waals surface area contributed by atoms with E-state index in [1.54, 1.807) is 19.2 Å². The number of aromatic nitrogens is 3. The first kappa shape index (κ1) is 14.9. The number of ether oxygens (including phenoxy) is 1. The Balaban J connectivity index is 1.91. The lowest BCUT2D eigenvalue weighted by Crippen LogP contribution is -2.08. The van der Waals surface area contributed by atoms with Gasteiger partial charge in [-0.15, -0.1) is 0 Å². The molecule has 0 spiro atoms. The fraction of sp³-hybridized carbons (Fsp3) is 0.176. The minimum absolute atomic E-state index is 0.178. The quantitative estimate of drug-likeness (QED) is 0.802. The molecule has 0 aliphatic rings. The standard InChI is InChI=1S/C17H16N4O2/c1-11-19-15-8-16(21-12(2)22)18-9-14(15)17(20-11)23-10-13-6-4-3-5-7-13/h3-9H,10H2,1-2H3,(H,18,21,22). The second-order valence-corrected chi connectivity index (χ2v) is 5.12. The Morgan fingerprint density at radius 1 is 1.22 bits per heavy atom. The van der Waals surface area contributed by atoms with E-state index in [0.29, 0.717) is 35.0 Å². The van der Waals surface area contributed by atoms with E-state index in [1.807, 2.05) is 30.3 Å². The summed E-state index contributed by atoms with van der Waals surface area (Å²) in [6.45, 7) is 3.65. The van der Waals surface area contributed by atoms with E-state index in [0.717, 1.165) is 5.56 Å². The normalized spacial score (nSPS) is 10.5. The molecule has 3 rings (SSSR count). The molecular weight excluding hydrogens is 292 g/mol. The molecule has 0 aliphatic heterocycles. The number of hydrogen-bond donors (Lipinski definition) is 1. The van der Waals surface area contributed by atoms with Crippen molar-refractivity contribution in [3.63, 3.8) is 0 Å². The molecule has 0 saturated heterocycles. The molecule has 1 amide bonds. The maximum Gasteiger partial charge on any atom is 0.226 e. The Kier molecular flexibility index (Phi) is 4.14. The monoisotopic (exact) mass is 308 g/mol. The van der Waals surface area contributed by atoms with Crippen molar-refractivity contribution >= 4 is 22.6 Å². The molecule has 23 heavy (non-hydrogen) atoms. The van der Waals surface area contributed by atoms with E-state index in [1.165, 1.54) is 6.92 Å². The molecule has 0 unspecified atom stereocenters. The number of carbonyl (C=O) groups excluding carboxylic acids is 1. The fourth-order valence-electron chi connectivity index (χ4n) is 2.19. The number of fused-ring (bicyclic) bond motifs is 1. The van der Waals surface area contributed by atoms with Crippen molar-refractivity contribution in [2.45, 2.75) is 20.5 Å². The molecule has 2 aromatic heterocycles. The molecule has 0 radical (unpaired) electrons. The van der Waals surface area contributed by atoms with Gasteiger partial charge in [0.2, 0.25) is 11.8 Å². The number of rotatable bonds is 4. The Hall–Kier alpha value is -3.02. The highest BCUT2D eigenvalue weighted by atomic mass is 16.5. The van der Waals surface area contributed by atoms with Gasteiger partial charge in [-0.1, -0.05) is 30.3 Å². The lowest BCUT2D eigenvalue weighted by atomic mass is 10.2. The van der Waals surface area contributed by atoms with Crippen molar-refractivity contribution in [2.75, 3.05) is 5.32 Å². The van der Waals surface area contributed by atoms with Gasteiger partial charge in [0.1, 0.15) is 18.2 Å². The van der Waals surface area contributed by atoms with Gasteiger partial charge in [-0.3, -0.25) is 4.79 Å². The molecule has 6 nitrogen and oxygen atoms in total. The molecule has 3 aromatic rings. The summed E-state index contributed by atoms with van der Waals surface area (Å²) < 4.78 is 5.83. The van der Waals surface area contributed by atoms with Gasteiger partial charge < -0.3 is 10.1 Å². The number of amides is 1. The van der Waals surface area contributed by atoms with E-state index in [4.69, 9.17) is 4.74 Å². The maximum atomic E-state index is 11.1. The number of carbonyl (C=O) groups is 1. The van der Waals surface area contributed by atoms with Gasteiger partial charge in [0.05, 0.1) is 10.9 Å². The van der Waals surface area contributed by atoms with Crippen LogP contribution in [0.25, 0.3) is 10.9 Å². The highest BCUT2D eigenvalue weighted by Gasteiger charge is 2.10. The maximum absolute atomic E-state index is 11.1. The lowest BCUT2D eigenvalue weighted by molar-refractivity contribution is -0.114. The van der Waals surface area contributed by atoms with E-state index < -0.39 is 0 Å². The van der Waals surface area contributed by atoms with Crippen LogP contribution in [0.4, 0.5) is 5.82 Å². The lowest BCUT2D eigenvalue weighted by Gasteiger charge is -2.10. The van der Waals surface area contributed by atoms with E-state index in [2.05, 4.69) is 20.3 Å². The first-order valence-electron chi connectivity index (χ1n) is 7.20. The van der Waals surface area contributed by atoms with Crippen molar-refractivity contribution in [1.29, 1.82) is 0 Å². The molecule has 6 heteroatoms. The van der Waals surface area contributed by atoms with E-state index in [9.17, 15) is 4.79 Å². The van der Waals surface area contributed by atoms with Crippen LogP contribution in [0.15, 0.2) is 42.6 Å². The van der Waals surface area contributed by atoms with Gasteiger partial charge in [0.25, 0.3) is 0 Å². The van der Waals surface area contributed by atoms with Gasteiger partial charge in [0, 0.05) is 19.2 Å². The molecule has 0 aliphatic carbocycles. The molecule has 0 fully saturated rings. The molecule has 2 heterocycles. The molecule has 1 N–H and O–H groups in total. The van der Waals surface area contributed by atoms with Crippen LogP contribution >= 0.6 is 0 Å². The third kappa shape index (κ3) is 3.60. The minimum atomic E-state index is -0.178. The predicted octanol–water partition coefficient (Wildman–Crippen LogP) is 2.87. The van der Waals surface area contributed by atoms with Crippen LogP contribution < -0.4 is 10.1 Å². The smallest absolute Gasteiger partial charge is 0.226 e. The average Bonchev–Trinajstić information content (AvgIpc) is 2.52. The van der Waals surface area contributed by atoms with Gasteiger partial charge in [0.15, 0.2) is 0 Å². The highest BCUT2D eigenvalue weighted by molar-refractivity contribution is 5.91. The zero-order valence-electron chi connectivity index (χ0n) is 12.9. The number of pyridine rings is 1. The summed E-state index contributed by atoms with van der Waals surface area (Å²) in [4.78, 5) is 24.1. The Morgan fingerprint density at radius 3 is 2.74 bits per heavy atom. The summed E-state index contributed by atoms with van der Waals surface area (Å²) in [5.41, 5.74) is 1.74. The van der Waals surface area contributed by atoms with Crippen LogP contribution in [0.3, 0.4) is 0 Å². The van der Waals surface area contributed by atoms with Crippen molar-refractivity contribution in [3.05, 3.63) is 54.0 Å². The number of benzene rings is 1. The number of nitrogens with one attached hydrogen (secondary N) is 1. The van der Waals surface area contributed by atoms with Crippen molar-refractivity contribution in [2.24, 2.45) is 0 Å². The minimum Gasteiger partial charge on any atom is -0.472 e. The van der Waals surface area contributed by atoms with Crippen LogP contribution in [-0.2, 0) is 11.4 Å². The predicted molar refractivity (Wildman–Crippen MR) is 87.1 cm³/mol. The first-order chi connectivity index (χ1) is 11.1. The summed E-state index contributed by atoms with van der Waals surface area (Å²) in [5.74, 6) is 1.36. The Morgan fingerprint density at radius 2 is 2.00 bits per heavy atom. The summed E-state index contributed by atoms with van der Waals surface area (Å²) >= 11 is 0. The molecule has 0 saturated carbocycles. The second-order valence-electron chi connectivity index (χ2n) is 5.12. The second kappa shape index (κ2) is 6.39. The average molecular weight is 308 g/mol. The van der Waals surface area contributed by atoms with Crippen LogP contribution in [0.2, 0.25) is 0 Å². The molecule has 0 atom stereocenters. The molecule has 0 bridgehead atoms. The molecule has 1 aromatic carbocycles. The van der Waals surface area contributed by atoms with Crippen molar-refractivity contribution in [1.82, 2.24) is 15.0 Å². The van der Waals surface area contributed by atoms with Crippen molar-refractivity contribution in [3.8, 4) is 5.88 Å². The Labute approximate surface area is 133 Å². The summed E-state index contributed by atoms with van der Waals surface area (Å²) in [6.07, 6.45) is 1.61. The number of aryl methyl sites for hydroxylation is 1. The number of anilines is 1. The molecule has 116 valence electrons. The SMILES string of the molecule is CC(=O)Nc1cc2nc(C)nc(OCc3ccccc3)c2cn1. The largest absolute Gasteiger partial charge is 0.472 e. The third-order valence-electron chi connectivity index (χ3n) is 3.18. The first-order valence-corrected chi connectivity index (χ1v) is 7.20. The van der Waals surface area contributed by atoms with E-state index >= 15 is 0 Å². The fourth-order valence-corrected chi connectivity index (χ4v) is 2.19. The third-order valence-corrected chi connectivity index (χ3v) is 3.18. The van der Waals surface area contributed by atoms with Gasteiger partial charge in [-0.25, -0.2) is 9.97 Å². The van der Waals surface area contributed by atoms with Crippen molar-refractivity contribution < 1.29 is 9.53 Å². The Bertz CT molecular complexity index is 850.